The summed E-state index contributed by atoms with van der Waals surface area (Å²) in [6, 6.07) is 13.9. The number of benzene rings is 2. The largest absolute Gasteiger partial charge is 0.353 e. The molecule has 0 aliphatic carbocycles. The number of amides is 1. The van der Waals surface area contributed by atoms with E-state index < -0.39 is 0 Å². The van der Waals surface area contributed by atoms with Gasteiger partial charge in [0.05, 0.1) is 28.0 Å². The average Bonchev–Trinajstić information content (AvgIpc) is 2.90. The Balaban J connectivity index is 1.53. The molecule has 4 aromatic rings. The van der Waals surface area contributed by atoms with Crippen LogP contribution < -0.4 is 10.9 Å². The van der Waals surface area contributed by atoms with E-state index in [1.807, 2.05) is 45.0 Å². The SMILES string of the molecule is CC(C)Nc1nc2c(c(=O)n1-c1ccc(-c3ncccn3)cc1)C[C@@H](C)N(C(=O)c1ccc(Cl)c(Cl)c1)C2. The van der Waals surface area contributed by atoms with Gasteiger partial charge in [-0.3, -0.25) is 9.59 Å². The number of aromatic nitrogens is 4. The molecule has 0 unspecified atom stereocenters. The van der Waals surface area contributed by atoms with Crippen LogP contribution in [0, 0.1) is 0 Å². The molecule has 0 bridgehead atoms. The molecular weight excluding hydrogens is 523 g/mol. The predicted molar refractivity (Wildman–Crippen MR) is 149 cm³/mol. The van der Waals surface area contributed by atoms with Crippen LogP contribution in [0.3, 0.4) is 0 Å². The summed E-state index contributed by atoms with van der Waals surface area (Å²) in [6.07, 6.45) is 3.76. The lowest BCUT2D eigenvalue weighted by Crippen LogP contribution is -2.46. The second-order valence-electron chi connectivity index (χ2n) is 9.53. The van der Waals surface area contributed by atoms with Crippen molar-refractivity contribution in [3.63, 3.8) is 0 Å². The van der Waals surface area contributed by atoms with E-state index in [4.69, 9.17) is 28.2 Å². The van der Waals surface area contributed by atoms with Gasteiger partial charge >= 0.3 is 0 Å². The molecule has 8 nitrogen and oxygen atoms in total. The van der Waals surface area contributed by atoms with E-state index in [1.54, 1.807) is 46.1 Å². The highest BCUT2D eigenvalue weighted by Gasteiger charge is 2.32. The van der Waals surface area contributed by atoms with Crippen molar-refractivity contribution in [2.45, 2.75) is 45.8 Å². The fraction of sp³-hybridized carbons (Fsp3) is 0.250. The Morgan fingerprint density at radius 3 is 2.42 bits per heavy atom. The molecule has 10 heteroatoms. The van der Waals surface area contributed by atoms with Crippen LogP contribution >= 0.6 is 23.2 Å². The number of hydrogen-bond donors (Lipinski definition) is 1. The third-order valence-electron chi connectivity index (χ3n) is 6.41. The highest BCUT2D eigenvalue weighted by molar-refractivity contribution is 6.42. The number of nitrogens with one attached hydrogen (secondary N) is 1. The average molecular weight is 549 g/mol. The predicted octanol–water partition coefficient (Wildman–Crippen LogP) is 5.40. The third-order valence-corrected chi connectivity index (χ3v) is 7.15. The molecule has 3 heterocycles. The minimum absolute atomic E-state index is 0.0275. The third kappa shape index (κ3) is 5.01. The van der Waals surface area contributed by atoms with Crippen molar-refractivity contribution in [3.05, 3.63) is 98.1 Å². The van der Waals surface area contributed by atoms with Crippen LogP contribution in [0.2, 0.25) is 10.0 Å². The van der Waals surface area contributed by atoms with Crippen molar-refractivity contribution in [3.8, 4) is 17.1 Å². The second kappa shape index (κ2) is 10.6. The van der Waals surface area contributed by atoms with Crippen LogP contribution in [-0.2, 0) is 13.0 Å². The van der Waals surface area contributed by atoms with Gasteiger partial charge in [0.25, 0.3) is 11.5 Å². The highest BCUT2D eigenvalue weighted by Crippen LogP contribution is 2.28. The molecule has 5 rings (SSSR count). The molecule has 1 aliphatic rings. The van der Waals surface area contributed by atoms with Crippen molar-refractivity contribution >= 4 is 35.1 Å². The van der Waals surface area contributed by atoms with Gasteiger partial charge in [-0.15, -0.1) is 0 Å². The van der Waals surface area contributed by atoms with Crippen LogP contribution in [-0.4, -0.2) is 42.4 Å². The van der Waals surface area contributed by atoms with E-state index in [2.05, 4.69) is 15.3 Å². The van der Waals surface area contributed by atoms with Crippen molar-refractivity contribution in [2.24, 2.45) is 0 Å². The monoisotopic (exact) mass is 548 g/mol. The molecule has 194 valence electrons. The molecule has 2 aromatic carbocycles. The van der Waals surface area contributed by atoms with Gasteiger partial charge < -0.3 is 10.2 Å². The van der Waals surface area contributed by atoms with Gasteiger partial charge in [-0.2, -0.15) is 0 Å². The van der Waals surface area contributed by atoms with Crippen LogP contribution in [0.25, 0.3) is 17.1 Å². The lowest BCUT2D eigenvalue weighted by Gasteiger charge is -2.34. The maximum absolute atomic E-state index is 13.9. The van der Waals surface area contributed by atoms with E-state index in [1.165, 1.54) is 0 Å². The minimum atomic E-state index is -0.214. The molecule has 1 N–H and O–H groups in total. The van der Waals surface area contributed by atoms with Crippen molar-refractivity contribution < 1.29 is 4.79 Å². The molecule has 1 atom stereocenters. The molecule has 0 radical (unpaired) electrons. The van der Waals surface area contributed by atoms with E-state index >= 15 is 0 Å². The van der Waals surface area contributed by atoms with E-state index in [0.717, 1.165) is 5.56 Å². The maximum atomic E-state index is 13.9. The molecule has 0 spiro atoms. The van der Waals surface area contributed by atoms with Crippen molar-refractivity contribution in [1.29, 1.82) is 0 Å². The van der Waals surface area contributed by atoms with Crippen molar-refractivity contribution in [2.75, 3.05) is 5.32 Å². The van der Waals surface area contributed by atoms with E-state index in [0.29, 0.717) is 50.7 Å². The molecule has 0 saturated heterocycles. The van der Waals surface area contributed by atoms with Crippen LogP contribution in [0.5, 0.6) is 0 Å². The standard InChI is InChI=1S/C28H26Cl2N6O2/c1-16(2)33-28-34-24-15-35(26(37)19-7-10-22(29)23(30)14-19)17(3)13-21(24)27(38)36(28)20-8-5-18(6-9-20)25-31-11-4-12-32-25/h4-12,14,16-17H,13,15H2,1-3H3,(H,33,34)/t17-/m1/s1. The summed E-state index contributed by atoms with van der Waals surface area (Å²) in [5, 5.41) is 4.00. The number of carbonyl (C=O) groups is 1. The number of fused-ring (bicyclic) bond motifs is 1. The molecule has 0 saturated carbocycles. The zero-order valence-corrected chi connectivity index (χ0v) is 22.7. The summed E-state index contributed by atoms with van der Waals surface area (Å²) in [4.78, 5) is 42.4. The molecule has 2 aromatic heterocycles. The normalized spacial score (nSPS) is 14.9. The topological polar surface area (TPSA) is 93.0 Å². The summed E-state index contributed by atoms with van der Waals surface area (Å²) in [5.74, 6) is 0.838. The Morgan fingerprint density at radius 1 is 1.05 bits per heavy atom. The zero-order valence-electron chi connectivity index (χ0n) is 21.2. The van der Waals surface area contributed by atoms with Crippen LogP contribution in [0.4, 0.5) is 5.95 Å². The summed E-state index contributed by atoms with van der Waals surface area (Å²) in [6.45, 7) is 6.10. The van der Waals surface area contributed by atoms with E-state index in [-0.39, 0.29) is 30.1 Å². The smallest absolute Gasteiger partial charge is 0.263 e. The van der Waals surface area contributed by atoms with Gasteiger partial charge in [0.2, 0.25) is 5.95 Å². The number of nitrogens with zero attached hydrogens (tertiary/aromatic N) is 5. The molecule has 1 aliphatic heterocycles. The van der Waals surface area contributed by atoms with Gasteiger partial charge in [0.1, 0.15) is 0 Å². The van der Waals surface area contributed by atoms with Gasteiger partial charge in [0, 0.05) is 41.2 Å². The van der Waals surface area contributed by atoms with Gasteiger partial charge in [-0.05, 0) is 75.7 Å². The Kier molecular flexibility index (Phi) is 7.19. The summed E-state index contributed by atoms with van der Waals surface area (Å²) in [7, 11) is 0. The lowest BCUT2D eigenvalue weighted by molar-refractivity contribution is 0.0653. The molecular formula is C28H26Cl2N6O2. The quantitative estimate of drug-likeness (QED) is 0.358. The number of carbonyl (C=O) groups excluding carboxylic acids is 1. The Hall–Kier alpha value is -3.75. The highest BCUT2D eigenvalue weighted by atomic mass is 35.5. The first-order chi connectivity index (χ1) is 18.2. The number of anilines is 1. The number of hydrogen-bond acceptors (Lipinski definition) is 6. The first-order valence-electron chi connectivity index (χ1n) is 12.3. The first kappa shape index (κ1) is 25.9. The first-order valence-corrected chi connectivity index (χ1v) is 13.0. The van der Waals surface area contributed by atoms with Crippen molar-refractivity contribution in [1.82, 2.24) is 24.4 Å². The molecule has 0 fully saturated rings. The Bertz CT molecular complexity index is 1550. The van der Waals surface area contributed by atoms with Gasteiger partial charge in [0.15, 0.2) is 5.82 Å². The number of halogens is 2. The summed E-state index contributed by atoms with van der Waals surface area (Å²) < 4.78 is 1.59. The van der Waals surface area contributed by atoms with E-state index in [9.17, 15) is 9.59 Å². The second-order valence-corrected chi connectivity index (χ2v) is 10.3. The molecule has 1 amide bonds. The Labute approximate surface area is 230 Å². The zero-order chi connectivity index (χ0) is 27.0. The Morgan fingerprint density at radius 2 is 1.76 bits per heavy atom. The van der Waals surface area contributed by atoms with Gasteiger partial charge in [-0.1, -0.05) is 23.2 Å². The van der Waals surface area contributed by atoms with Crippen LogP contribution in [0.15, 0.2) is 65.7 Å². The lowest BCUT2D eigenvalue weighted by atomic mass is 9.98. The number of rotatable bonds is 5. The summed E-state index contributed by atoms with van der Waals surface area (Å²) in [5.41, 5.74) is 2.98. The summed E-state index contributed by atoms with van der Waals surface area (Å²) >= 11 is 12.2. The van der Waals surface area contributed by atoms with Crippen LogP contribution in [0.1, 0.15) is 42.4 Å². The maximum Gasteiger partial charge on any atom is 0.263 e. The fourth-order valence-electron chi connectivity index (χ4n) is 4.53. The fourth-order valence-corrected chi connectivity index (χ4v) is 4.83. The minimum Gasteiger partial charge on any atom is -0.353 e. The van der Waals surface area contributed by atoms with Gasteiger partial charge in [-0.25, -0.2) is 19.5 Å². The molecule has 38 heavy (non-hydrogen) atoms.